The first-order valence-corrected chi connectivity index (χ1v) is 6.43. The van der Waals surface area contributed by atoms with Crippen molar-refractivity contribution in [3.8, 4) is 0 Å². The SMILES string of the molecule is O=C(NCCCc1ccncc1)N1CC=CCC1. The molecule has 0 atom stereocenters. The lowest BCUT2D eigenvalue weighted by Crippen LogP contribution is -2.42. The van der Waals surface area contributed by atoms with Crippen molar-refractivity contribution < 1.29 is 4.79 Å². The molecule has 2 rings (SSSR count). The Morgan fingerprint density at radius 1 is 1.33 bits per heavy atom. The molecule has 1 N–H and O–H groups in total. The zero-order valence-corrected chi connectivity index (χ0v) is 10.5. The van der Waals surface area contributed by atoms with Crippen LogP contribution in [0.5, 0.6) is 0 Å². The fourth-order valence-electron chi connectivity index (χ4n) is 1.97. The number of pyridine rings is 1. The molecule has 1 aliphatic heterocycles. The number of aryl methyl sites for hydroxylation is 1. The Bertz CT molecular complexity index is 403. The predicted octanol–water partition coefficient (Wildman–Crippen LogP) is 1.99. The highest BCUT2D eigenvalue weighted by Gasteiger charge is 2.12. The second-order valence-electron chi connectivity index (χ2n) is 4.40. The molecular formula is C14H19N3O. The molecule has 0 saturated carbocycles. The molecule has 0 unspecified atom stereocenters. The standard InChI is InChI=1S/C14H19N3O/c18-14(17-11-2-1-3-12-17)16-8-4-5-13-6-9-15-10-7-13/h1-2,6-7,9-10H,3-5,8,11-12H2,(H,16,18). The summed E-state index contributed by atoms with van der Waals surface area (Å²) in [6.45, 7) is 2.28. The van der Waals surface area contributed by atoms with E-state index in [4.69, 9.17) is 0 Å². The Labute approximate surface area is 108 Å². The maximum absolute atomic E-state index is 11.8. The van der Waals surface area contributed by atoms with Crippen molar-refractivity contribution in [1.29, 1.82) is 0 Å². The molecule has 2 heterocycles. The number of urea groups is 1. The van der Waals surface area contributed by atoms with Crippen LogP contribution < -0.4 is 5.32 Å². The zero-order chi connectivity index (χ0) is 12.6. The molecule has 0 fully saturated rings. The second kappa shape index (κ2) is 6.79. The van der Waals surface area contributed by atoms with Gasteiger partial charge in [-0.15, -0.1) is 0 Å². The smallest absolute Gasteiger partial charge is 0.317 e. The van der Waals surface area contributed by atoms with Crippen molar-refractivity contribution in [2.24, 2.45) is 0 Å². The molecule has 0 aromatic carbocycles. The van der Waals surface area contributed by atoms with E-state index < -0.39 is 0 Å². The third-order valence-electron chi connectivity index (χ3n) is 3.01. The number of aromatic nitrogens is 1. The minimum atomic E-state index is 0.0501. The Kier molecular flexibility index (Phi) is 4.76. The Morgan fingerprint density at radius 3 is 2.89 bits per heavy atom. The summed E-state index contributed by atoms with van der Waals surface area (Å²) in [6.07, 6.45) is 10.7. The summed E-state index contributed by atoms with van der Waals surface area (Å²) in [7, 11) is 0. The number of hydrogen-bond donors (Lipinski definition) is 1. The van der Waals surface area contributed by atoms with E-state index in [2.05, 4.69) is 16.4 Å². The lowest BCUT2D eigenvalue weighted by molar-refractivity contribution is 0.202. The van der Waals surface area contributed by atoms with Crippen LogP contribution in [0, 0.1) is 0 Å². The van der Waals surface area contributed by atoms with Gasteiger partial charge in [0.2, 0.25) is 0 Å². The topological polar surface area (TPSA) is 45.2 Å². The van der Waals surface area contributed by atoms with Gasteiger partial charge >= 0.3 is 6.03 Å². The molecule has 4 heteroatoms. The van der Waals surface area contributed by atoms with Crippen LogP contribution in [0.2, 0.25) is 0 Å². The minimum Gasteiger partial charge on any atom is -0.338 e. The van der Waals surface area contributed by atoms with E-state index in [0.29, 0.717) is 0 Å². The molecule has 1 aromatic rings. The van der Waals surface area contributed by atoms with Gasteiger partial charge in [-0.3, -0.25) is 4.98 Å². The third-order valence-corrected chi connectivity index (χ3v) is 3.01. The monoisotopic (exact) mass is 245 g/mol. The van der Waals surface area contributed by atoms with Crippen molar-refractivity contribution in [3.63, 3.8) is 0 Å². The van der Waals surface area contributed by atoms with Crippen LogP contribution in [0.15, 0.2) is 36.7 Å². The minimum absolute atomic E-state index is 0.0501. The Hall–Kier alpha value is -1.84. The van der Waals surface area contributed by atoms with E-state index >= 15 is 0 Å². The summed E-state index contributed by atoms with van der Waals surface area (Å²) < 4.78 is 0. The van der Waals surface area contributed by atoms with Crippen molar-refractivity contribution in [3.05, 3.63) is 42.2 Å². The van der Waals surface area contributed by atoms with E-state index in [1.165, 1.54) is 5.56 Å². The fourth-order valence-corrected chi connectivity index (χ4v) is 1.97. The number of carbonyl (C=O) groups is 1. The van der Waals surface area contributed by atoms with Crippen LogP contribution in [-0.4, -0.2) is 35.5 Å². The summed E-state index contributed by atoms with van der Waals surface area (Å²) in [4.78, 5) is 17.6. The van der Waals surface area contributed by atoms with Gasteiger partial charge in [0.1, 0.15) is 0 Å². The van der Waals surface area contributed by atoms with Gasteiger partial charge in [0.15, 0.2) is 0 Å². The number of nitrogens with zero attached hydrogens (tertiary/aromatic N) is 2. The number of hydrogen-bond acceptors (Lipinski definition) is 2. The summed E-state index contributed by atoms with van der Waals surface area (Å²) in [5.41, 5.74) is 1.26. The molecule has 0 bridgehead atoms. The average molecular weight is 245 g/mol. The van der Waals surface area contributed by atoms with Crippen molar-refractivity contribution in [2.45, 2.75) is 19.3 Å². The van der Waals surface area contributed by atoms with Gasteiger partial charge in [-0.2, -0.15) is 0 Å². The van der Waals surface area contributed by atoms with E-state index in [-0.39, 0.29) is 6.03 Å². The molecule has 18 heavy (non-hydrogen) atoms. The lowest BCUT2D eigenvalue weighted by atomic mass is 10.1. The fraction of sp³-hybridized carbons (Fsp3) is 0.429. The molecule has 0 aliphatic carbocycles. The van der Waals surface area contributed by atoms with Gasteiger partial charge in [-0.05, 0) is 37.0 Å². The highest BCUT2D eigenvalue weighted by Crippen LogP contribution is 2.02. The van der Waals surface area contributed by atoms with E-state index in [1.54, 1.807) is 12.4 Å². The van der Waals surface area contributed by atoms with Crippen molar-refractivity contribution >= 4 is 6.03 Å². The van der Waals surface area contributed by atoms with Crippen LogP contribution in [0.4, 0.5) is 4.79 Å². The number of amides is 2. The van der Waals surface area contributed by atoms with Crippen molar-refractivity contribution in [2.75, 3.05) is 19.6 Å². The van der Waals surface area contributed by atoms with Crippen LogP contribution in [0.1, 0.15) is 18.4 Å². The highest BCUT2D eigenvalue weighted by molar-refractivity contribution is 5.74. The summed E-state index contributed by atoms with van der Waals surface area (Å²) in [5, 5.41) is 2.96. The van der Waals surface area contributed by atoms with Gasteiger partial charge in [0.05, 0.1) is 0 Å². The molecule has 2 amide bonds. The first-order valence-electron chi connectivity index (χ1n) is 6.43. The first-order chi connectivity index (χ1) is 8.86. The van der Waals surface area contributed by atoms with Gasteiger partial charge in [-0.1, -0.05) is 12.2 Å². The van der Waals surface area contributed by atoms with Gasteiger partial charge in [-0.25, -0.2) is 4.79 Å². The van der Waals surface area contributed by atoms with Crippen LogP contribution in [0.25, 0.3) is 0 Å². The van der Waals surface area contributed by atoms with Crippen LogP contribution >= 0.6 is 0 Å². The van der Waals surface area contributed by atoms with E-state index in [0.717, 1.165) is 38.9 Å². The molecule has 4 nitrogen and oxygen atoms in total. The molecule has 0 radical (unpaired) electrons. The highest BCUT2D eigenvalue weighted by atomic mass is 16.2. The number of nitrogens with one attached hydrogen (secondary N) is 1. The molecule has 96 valence electrons. The van der Waals surface area contributed by atoms with Crippen molar-refractivity contribution in [1.82, 2.24) is 15.2 Å². The van der Waals surface area contributed by atoms with Gasteiger partial charge in [0.25, 0.3) is 0 Å². The second-order valence-corrected chi connectivity index (χ2v) is 4.40. The van der Waals surface area contributed by atoms with Gasteiger partial charge in [0, 0.05) is 32.0 Å². The van der Waals surface area contributed by atoms with E-state index in [9.17, 15) is 4.79 Å². The number of rotatable bonds is 4. The van der Waals surface area contributed by atoms with Crippen LogP contribution in [-0.2, 0) is 6.42 Å². The average Bonchev–Trinajstić information content (AvgIpc) is 2.45. The molecule has 0 saturated heterocycles. The Morgan fingerprint density at radius 2 is 2.17 bits per heavy atom. The quantitative estimate of drug-likeness (QED) is 0.651. The van der Waals surface area contributed by atoms with Crippen LogP contribution in [0.3, 0.4) is 0 Å². The normalized spacial score (nSPS) is 14.6. The largest absolute Gasteiger partial charge is 0.338 e. The summed E-state index contributed by atoms with van der Waals surface area (Å²) in [6, 6.07) is 4.07. The molecule has 0 spiro atoms. The summed E-state index contributed by atoms with van der Waals surface area (Å²) >= 11 is 0. The molecule has 1 aliphatic rings. The molecular weight excluding hydrogens is 226 g/mol. The lowest BCUT2D eigenvalue weighted by Gasteiger charge is -2.23. The Balaban J connectivity index is 1.63. The predicted molar refractivity (Wildman–Crippen MR) is 71.3 cm³/mol. The van der Waals surface area contributed by atoms with E-state index in [1.807, 2.05) is 23.1 Å². The molecule has 1 aromatic heterocycles. The maximum Gasteiger partial charge on any atom is 0.317 e. The van der Waals surface area contributed by atoms with Gasteiger partial charge < -0.3 is 10.2 Å². The number of carbonyl (C=O) groups excluding carboxylic acids is 1. The zero-order valence-electron chi connectivity index (χ0n) is 10.5. The third kappa shape index (κ3) is 3.87. The maximum atomic E-state index is 11.8. The summed E-state index contributed by atoms with van der Waals surface area (Å²) in [5.74, 6) is 0. The first kappa shape index (κ1) is 12.6.